The first kappa shape index (κ1) is 18.3. The molecule has 1 aromatic rings. The van der Waals surface area contributed by atoms with Crippen LogP contribution in [0.3, 0.4) is 0 Å². The number of ether oxygens (including phenoxy) is 1. The SMILES string of the molecule is O=C(Nc1cccc(N2CCOCC2)c1)C1CC(=O)N(C2CCCCC2)C1. The summed E-state index contributed by atoms with van der Waals surface area (Å²) in [6.45, 7) is 3.77. The maximum Gasteiger partial charge on any atom is 0.229 e. The van der Waals surface area contributed by atoms with Crippen molar-refractivity contribution in [1.82, 2.24) is 4.90 Å². The molecule has 1 saturated carbocycles. The third-order valence-electron chi connectivity index (χ3n) is 6.03. The number of rotatable bonds is 4. The van der Waals surface area contributed by atoms with Crippen molar-refractivity contribution in [2.24, 2.45) is 5.92 Å². The highest BCUT2D eigenvalue weighted by Gasteiger charge is 2.38. The average Bonchev–Trinajstić information content (AvgIpc) is 3.11. The van der Waals surface area contributed by atoms with E-state index in [2.05, 4.69) is 16.3 Å². The fourth-order valence-corrected chi connectivity index (χ4v) is 4.50. The second kappa shape index (κ2) is 8.30. The Balaban J connectivity index is 1.37. The molecule has 3 fully saturated rings. The molecule has 3 aliphatic rings. The lowest BCUT2D eigenvalue weighted by molar-refractivity contribution is -0.130. The molecule has 1 unspecified atom stereocenters. The Hall–Kier alpha value is -2.08. The van der Waals surface area contributed by atoms with Crippen LogP contribution < -0.4 is 10.2 Å². The van der Waals surface area contributed by atoms with E-state index in [1.165, 1.54) is 19.3 Å². The van der Waals surface area contributed by atoms with Crippen LogP contribution in [0.25, 0.3) is 0 Å². The lowest BCUT2D eigenvalue weighted by atomic mass is 9.94. The molecule has 0 radical (unpaired) electrons. The summed E-state index contributed by atoms with van der Waals surface area (Å²) in [5.74, 6) is -0.142. The smallest absolute Gasteiger partial charge is 0.229 e. The number of nitrogens with zero attached hydrogens (tertiary/aromatic N) is 2. The van der Waals surface area contributed by atoms with E-state index in [1.54, 1.807) is 0 Å². The highest BCUT2D eigenvalue weighted by molar-refractivity contribution is 5.97. The minimum Gasteiger partial charge on any atom is -0.378 e. The summed E-state index contributed by atoms with van der Waals surface area (Å²) in [5, 5.41) is 3.03. The number of nitrogens with one attached hydrogen (secondary N) is 1. The fraction of sp³-hybridized carbons (Fsp3) is 0.619. The zero-order valence-electron chi connectivity index (χ0n) is 15.9. The van der Waals surface area contributed by atoms with Crippen LogP contribution in [-0.2, 0) is 14.3 Å². The second-order valence-electron chi connectivity index (χ2n) is 7.88. The zero-order chi connectivity index (χ0) is 18.6. The summed E-state index contributed by atoms with van der Waals surface area (Å²) >= 11 is 0. The summed E-state index contributed by atoms with van der Waals surface area (Å²) in [4.78, 5) is 29.4. The van der Waals surface area contributed by atoms with Gasteiger partial charge in [-0.1, -0.05) is 25.3 Å². The van der Waals surface area contributed by atoms with Gasteiger partial charge in [-0.05, 0) is 31.0 Å². The van der Waals surface area contributed by atoms with Gasteiger partial charge in [0.2, 0.25) is 11.8 Å². The van der Waals surface area contributed by atoms with Crippen molar-refractivity contribution in [1.29, 1.82) is 0 Å². The van der Waals surface area contributed by atoms with Gasteiger partial charge in [-0.15, -0.1) is 0 Å². The summed E-state index contributed by atoms with van der Waals surface area (Å²) in [7, 11) is 0. The average molecular weight is 371 g/mol. The van der Waals surface area contributed by atoms with Crippen LogP contribution in [0, 0.1) is 5.92 Å². The lowest BCUT2D eigenvalue weighted by Crippen LogP contribution is -2.38. The number of carbonyl (C=O) groups excluding carboxylic acids is 2. The van der Waals surface area contributed by atoms with E-state index in [9.17, 15) is 9.59 Å². The quantitative estimate of drug-likeness (QED) is 0.884. The van der Waals surface area contributed by atoms with Crippen molar-refractivity contribution in [2.75, 3.05) is 43.1 Å². The standard InChI is InChI=1S/C21H29N3O3/c25-20-13-16(15-24(20)18-6-2-1-3-7-18)21(26)22-17-5-4-8-19(14-17)23-9-11-27-12-10-23/h4-5,8,14,16,18H,1-3,6-7,9-13,15H2,(H,22,26). The highest BCUT2D eigenvalue weighted by atomic mass is 16.5. The Morgan fingerprint density at radius 2 is 1.89 bits per heavy atom. The Morgan fingerprint density at radius 1 is 1.11 bits per heavy atom. The zero-order valence-corrected chi connectivity index (χ0v) is 15.9. The number of morpholine rings is 1. The summed E-state index contributed by atoms with van der Waals surface area (Å²) in [6, 6.07) is 8.30. The first-order chi connectivity index (χ1) is 13.2. The predicted molar refractivity (Wildman–Crippen MR) is 105 cm³/mol. The van der Waals surface area contributed by atoms with Gasteiger partial charge in [0.25, 0.3) is 0 Å². The minimum absolute atomic E-state index is 0.0409. The summed E-state index contributed by atoms with van der Waals surface area (Å²) in [6.07, 6.45) is 6.16. The monoisotopic (exact) mass is 371 g/mol. The molecule has 0 aromatic heterocycles. The normalized spacial score (nSPS) is 24.3. The Morgan fingerprint density at radius 3 is 2.67 bits per heavy atom. The molecule has 0 spiro atoms. The second-order valence-corrected chi connectivity index (χ2v) is 7.88. The van der Waals surface area contributed by atoms with Crippen molar-refractivity contribution < 1.29 is 14.3 Å². The van der Waals surface area contributed by atoms with Crippen molar-refractivity contribution in [3.05, 3.63) is 24.3 Å². The van der Waals surface area contributed by atoms with Gasteiger partial charge in [-0.25, -0.2) is 0 Å². The molecule has 1 atom stereocenters. The van der Waals surface area contributed by atoms with Gasteiger partial charge in [0.15, 0.2) is 0 Å². The van der Waals surface area contributed by atoms with Crippen LogP contribution in [0.4, 0.5) is 11.4 Å². The van der Waals surface area contributed by atoms with Gasteiger partial charge in [0.1, 0.15) is 0 Å². The van der Waals surface area contributed by atoms with E-state index in [4.69, 9.17) is 4.74 Å². The molecule has 2 saturated heterocycles. The maximum atomic E-state index is 12.8. The molecule has 6 heteroatoms. The Labute approximate surface area is 160 Å². The van der Waals surface area contributed by atoms with Gasteiger partial charge in [0, 0.05) is 43.5 Å². The number of anilines is 2. The van der Waals surface area contributed by atoms with E-state index in [0.29, 0.717) is 19.0 Å². The van der Waals surface area contributed by atoms with Crippen LogP contribution in [0.15, 0.2) is 24.3 Å². The molecule has 1 aromatic carbocycles. The number of carbonyl (C=O) groups is 2. The van der Waals surface area contributed by atoms with Gasteiger partial charge < -0.3 is 19.9 Å². The molecular formula is C21H29N3O3. The van der Waals surface area contributed by atoms with E-state index in [1.807, 2.05) is 23.1 Å². The molecule has 1 aliphatic carbocycles. The van der Waals surface area contributed by atoms with Crippen molar-refractivity contribution >= 4 is 23.2 Å². The molecule has 27 heavy (non-hydrogen) atoms. The van der Waals surface area contributed by atoms with E-state index in [0.717, 1.165) is 50.5 Å². The Kier molecular flexibility index (Phi) is 5.62. The van der Waals surface area contributed by atoms with E-state index < -0.39 is 0 Å². The van der Waals surface area contributed by atoms with Gasteiger partial charge in [0.05, 0.1) is 19.1 Å². The van der Waals surface area contributed by atoms with Crippen molar-refractivity contribution in [2.45, 2.75) is 44.6 Å². The number of hydrogen-bond donors (Lipinski definition) is 1. The third kappa shape index (κ3) is 4.26. The molecule has 146 valence electrons. The lowest BCUT2D eigenvalue weighted by Gasteiger charge is -2.31. The predicted octanol–water partition coefficient (Wildman–Crippen LogP) is 2.64. The van der Waals surface area contributed by atoms with Crippen LogP contribution in [0.2, 0.25) is 0 Å². The van der Waals surface area contributed by atoms with E-state index >= 15 is 0 Å². The first-order valence-electron chi connectivity index (χ1n) is 10.2. The van der Waals surface area contributed by atoms with Crippen LogP contribution in [-0.4, -0.2) is 55.6 Å². The molecule has 4 rings (SSSR count). The molecule has 0 bridgehead atoms. The van der Waals surface area contributed by atoms with Crippen molar-refractivity contribution in [3.63, 3.8) is 0 Å². The fourth-order valence-electron chi connectivity index (χ4n) is 4.50. The number of benzene rings is 1. The van der Waals surface area contributed by atoms with Crippen LogP contribution in [0.5, 0.6) is 0 Å². The van der Waals surface area contributed by atoms with Gasteiger partial charge in [-0.3, -0.25) is 9.59 Å². The topological polar surface area (TPSA) is 61.9 Å². The summed E-state index contributed by atoms with van der Waals surface area (Å²) in [5.41, 5.74) is 1.90. The van der Waals surface area contributed by atoms with Gasteiger partial charge >= 0.3 is 0 Å². The third-order valence-corrected chi connectivity index (χ3v) is 6.03. The number of likely N-dealkylation sites (tertiary alicyclic amines) is 1. The van der Waals surface area contributed by atoms with Gasteiger partial charge in [-0.2, -0.15) is 0 Å². The molecular weight excluding hydrogens is 342 g/mol. The van der Waals surface area contributed by atoms with Crippen LogP contribution in [0.1, 0.15) is 38.5 Å². The Bertz CT molecular complexity index is 681. The molecule has 2 heterocycles. The maximum absolute atomic E-state index is 12.8. The minimum atomic E-state index is -0.244. The number of amides is 2. The largest absolute Gasteiger partial charge is 0.378 e. The molecule has 2 amide bonds. The molecule has 6 nitrogen and oxygen atoms in total. The summed E-state index contributed by atoms with van der Waals surface area (Å²) < 4.78 is 5.41. The number of hydrogen-bond acceptors (Lipinski definition) is 4. The molecule has 1 N–H and O–H groups in total. The van der Waals surface area contributed by atoms with Crippen molar-refractivity contribution in [3.8, 4) is 0 Å². The first-order valence-corrected chi connectivity index (χ1v) is 10.2. The highest BCUT2D eigenvalue weighted by Crippen LogP contribution is 2.29. The molecule has 2 aliphatic heterocycles. The van der Waals surface area contributed by atoms with E-state index in [-0.39, 0.29) is 17.7 Å². The van der Waals surface area contributed by atoms with Crippen LogP contribution >= 0.6 is 0 Å².